The van der Waals surface area contributed by atoms with E-state index in [1.807, 2.05) is 49.4 Å². The fraction of sp³-hybridized carbons (Fsp3) is 0.300. The first-order chi connectivity index (χ1) is 12.1. The molecule has 1 aromatic heterocycles. The first kappa shape index (κ1) is 17.0. The third kappa shape index (κ3) is 3.99. The summed E-state index contributed by atoms with van der Waals surface area (Å²) in [6.45, 7) is 8.01. The maximum absolute atomic E-state index is 12.3. The van der Waals surface area contributed by atoms with Gasteiger partial charge in [0.15, 0.2) is 11.5 Å². The van der Waals surface area contributed by atoms with Crippen molar-refractivity contribution in [1.29, 1.82) is 0 Å². The van der Waals surface area contributed by atoms with Crippen LogP contribution in [0.3, 0.4) is 0 Å². The minimum Gasteiger partial charge on any atom is -0.441 e. The van der Waals surface area contributed by atoms with Gasteiger partial charge in [0.1, 0.15) is 5.52 Å². The largest absolute Gasteiger partial charge is 0.441 e. The predicted molar refractivity (Wildman–Crippen MR) is 101 cm³/mol. The Labute approximate surface area is 147 Å². The highest BCUT2D eigenvalue weighted by Crippen LogP contribution is 2.19. The normalized spacial score (nSPS) is 10.8. The molecule has 0 spiro atoms. The second-order valence-electron chi connectivity index (χ2n) is 5.98. The molecule has 130 valence electrons. The first-order valence-electron chi connectivity index (χ1n) is 8.60. The third-order valence-corrected chi connectivity index (χ3v) is 4.20. The molecule has 3 aromatic rings. The van der Waals surface area contributed by atoms with E-state index in [4.69, 9.17) is 4.42 Å². The number of hydrogen-bond donors (Lipinski definition) is 1. The molecular formula is C20H23N3O2. The summed E-state index contributed by atoms with van der Waals surface area (Å²) in [5.41, 5.74) is 4.41. The maximum atomic E-state index is 12.3. The lowest BCUT2D eigenvalue weighted by atomic mass is 10.1. The number of nitrogens with one attached hydrogen (secondary N) is 1. The molecule has 5 nitrogen and oxygen atoms in total. The summed E-state index contributed by atoms with van der Waals surface area (Å²) in [6, 6.07) is 13.6. The molecular weight excluding hydrogens is 314 g/mol. The van der Waals surface area contributed by atoms with Gasteiger partial charge >= 0.3 is 0 Å². The monoisotopic (exact) mass is 337 g/mol. The summed E-state index contributed by atoms with van der Waals surface area (Å²) in [4.78, 5) is 18.9. The zero-order chi connectivity index (χ0) is 17.8. The van der Waals surface area contributed by atoms with Crippen LogP contribution >= 0.6 is 0 Å². The van der Waals surface area contributed by atoms with Crippen molar-refractivity contribution in [2.75, 3.05) is 23.3 Å². The highest BCUT2D eigenvalue weighted by Gasteiger charge is 2.08. The molecule has 1 amide bonds. The van der Waals surface area contributed by atoms with Gasteiger partial charge in [-0.1, -0.05) is 6.07 Å². The molecule has 0 aliphatic rings. The van der Waals surface area contributed by atoms with Crippen molar-refractivity contribution in [1.82, 2.24) is 4.98 Å². The fourth-order valence-electron chi connectivity index (χ4n) is 2.93. The van der Waals surface area contributed by atoms with Gasteiger partial charge in [0.2, 0.25) is 5.91 Å². The Kier molecular flexibility index (Phi) is 5.03. The van der Waals surface area contributed by atoms with Crippen LogP contribution in [0.15, 0.2) is 46.9 Å². The second kappa shape index (κ2) is 7.38. The van der Waals surface area contributed by atoms with Gasteiger partial charge in [0.25, 0.3) is 0 Å². The quantitative estimate of drug-likeness (QED) is 0.733. The summed E-state index contributed by atoms with van der Waals surface area (Å²) in [5.74, 6) is 0.583. The summed E-state index contributed by atoms with van der Waals surface area (Å²) >= 11 is 0. The Morgan fingerprint density at radius 2 is 1.84 bits per heavy atom. The van der Waals surface area contributed by atoms with Gasteiger partial charge in [-0.15, -0.1) is 0 Å². The Hall–Kier alpha value is -2.82. The highest BCUT2D eigenvalue weighted by molar-refractivity contribution is 5.93. The third-order valence-electron chi connectivity index (χ3n) is 4.20. The van der Waals surface area contributed by atoms with Gasteiger partial charge in [0, 0.05) is 31.4 Å². The maximum Gasteiger partial charge on any atom is 0.228 e. The molecule has 3 rings (SSSR count). The lowest BCUT2D eigenvalue weighted by Gasteiger charge is -2.21. The lowest BCUT2D eigenvalue weighted by molar-refractivity contribution is -0.115. The van der Waals surface area contributed by atoms with Crippen LogP contribution in [-0.2, 0) is 11.2 Å². The molecule has 0 atom stereocenters. The van der Waals surface area contributed by atoms with E-state index in [1.165, 1.54) is 0 Å². The standard InChI is InChI=1S/C20H23N3O2/c1-4-23(5-2)17-9-7-16(8-10-17)22-20(24)13-15-6-11-19-18(12-15)21-14(3)25-19/h6-12H,4-5,13H2,1-3H3,(H,22,24). The number of rotatable bonds is 6. The van der Waals surface area contributed by atoms with Crippen LogP contribution in [0.2, 0.25) is 0 Å². The average Bonchev–Trinajstić information content (AvgIpc) is 2.96. The number of carbonyl (C=O) groups is 1. The molecule has 0 bridgehead atoms. The Balaban J connectivity index is 1.65. The van der Waals surface area contributed by atoms with Gasteiger partial charge in [-0.2, -0.15) is 0 Å². The van der Waals surface area contributed by atoms with E-state index in [1.54, 1.807) is 0 Å². The molecule has 0 radical (unpaired) electrons. The molecule has 0 aliphatic carbocycles. The number of carbonyl (C=O) groups excluding carboxylic acids is 1. The van der Waals surface area contributed by atoms with E-state index in [0.717, 1.165) is 41.1 Å². The van der Waals surface area contributed by atoms with Gasteiger partial charge in [0.05, 0.1) is 6.42 Å². The summed E-state index contributed by atoms with van der Waals surface area (Å²) in [5, 5.41) is 2.94. The smallest absolute Gasteiger partial charge is 0.228 e. The van der Waals surface area contributed by atoms with Gasteiger partial charge in [-0.05, 0) is 55.8 Å². The van der Waals surface area contributed by atoms with E-state index in [9.17, 15) is 4.79 Å². The summed E-state index contributed by atoms with van der Waals surface area (Å²) in [6.07, 6.45) is 0.305. The lowest BCUT2D eigenvalue weighted by Crippen LogP contribution is -2.21. The number of amides is 1. The average molecular weight is 337 g/mol. The Morgan fingerprint density at radius 1 is 1.12 bits per heavy atom. The number of nitrogens with zero attached hydrogens (tertiary/aromatic N) is 2. The van der Waals surface area contributed by atoms with Crippen molar-refractivity contribution in [2.24, 2.45) is 0 Å². The molecule has 1 N–H and O–H groups in total. The number of aromatic nitrogens is 1. The molecule has 0 saturated heterocycles. The van der Waals surface area contributed by atoms with Crippen LogP contribution in [0.4, 0.5) is 11.4 Å². The molecule has 0 fully saturated rings. The molecule has 25 heavy (non-hydrogen) atoms. The van der Waals surface area contributed by atoms with Crippen LogP contribution in [0.5, 0.6) is 0 Å². The van der Waals surface area contributed by atoms with E-state index in [0.29, 0.717) is 12.3 Å². The van der Waals surface area contributed by atoms with Crippen molar-refractivity contribution >= 4 is 28.4 Å². The molecule has 1 heterocycles. The zero-order valence-corrected chi connectivity index (χ0v) is 14.9. The first-order valence-corrected chi connectivity index (χ1v) is 8.60. The van der Waals surface area contributed by atoms with Gasteiger partial charge in [-0.25, -0.2) is 4.98 Å². The van der Waals surface area contributed by atoms with Crippen LogP contribution in [0.25, 0.3) is 11.1 Å². The van der Waals surface area contributed by atoms with Crippen molar-refractivity contribution in [3.8, 4) is 0 Å². The van der Waals surface area contributed by atoms with E-state index in [2.05, 4.69) is 29.0 Å². The highest BCUT2D eigenvalue weighted by atomic mass is 16.3. The van der Waals surface area contributed by atoms with E-state index >= 15 is 0 Å². The predicted octanol–water partition coefficient (Wildman–Crippen LogP) is 4.16. The van der Waals surface area contributed by atoms with E-state index in [-0.39, 0.29) is 5.91 Å². The number of fused-ring (bicyclic) bond motifs is 1. The Morgan fingerprint density at radius 3 is 2.52 bits per heavy atom. The number of anilines is 2. The number of hydrogen-bond acceptors (Lipinski definition) is 4. The molecule has 0 aliphatic heterocycles. The van der Waals surface area contributed by atoms with Crippen molar-refractivity contribution in [2.45, 2.75) is 27.2 Å². The summed E-state index contributed by atoms with van der Waals surface area (Å²) < 4.78 is 5.46. The topological polar surface area (TPSA) is 58.4 Å². The summed E-state index contributed by atoms with van der Waals surface area (Å²) in [7, 11) is 0. The van der Waals surface area contributed by atoms with Crippen molar-refractivity contribution < 1.29 is 9.21 Å². The minimum atomic E-state index is -0.0462. The van der Waals surface area contributed by atoms with Crippen LogP contribution in [-0.4, -0.2) is 24.0 Å². The number of aryl methyl sites for hydroxylation is 1. The molecule has 0 saturated carbocycles. The Bertz CT molecular complexity index is 864. The SMILES string of the molecule is CCN(CC)c1ccc(NC(=O)Cc2ccc3oc(C)nc3c2)cc1. The van der Waals surface area contributed by atoms with Crippen LogP contribution in [0, 0.1) is 6.92 Å². The number of benzene rings is 2. The molecule has 5 heteroatoms. The van der Waals surface area contributed by atoms with Crippen molar-refractivity contribution in [3.63, 3.8) is 0 Å². The van der Waals surface area contributed by atoms with E-state index < -0.39 is 0 Å². The van der Waals surface area contributed by atoms with Gasteiger partial charge < -0.3 is 14.6 Å². The van der Waals surface area contributed by atoms with Crippen LogP contribution in [0.1, 0.15) is 25.3 Å². The second-order valence-corrected chi connectivity index (χ2v) is 5.98. The van der Waals surface area contributed by atoms with Crippen molar-refractivity contribution in [3.05, 3.63) is 53.9 Å². The van der Waals surface area contributed by atoms with Gasteiger partial charge in [-0.3, -0.25) is 4.79 Å². The minimum absolute atomic E-state index is 0.0462. The fourth-order valence-corrected chi connectivity index (χ4v) is 2.93. The molecule has 2 aromatic carbocycles. The number of oxazole rings is 1. The molecule has 0 unspecified atom stereocenters. The zero-order valence-electron chi connectivity index (χ0n) is 14.9. The van der Waals surface area contributed by atoms with Crippen LogP contribution < -0.4 is 10.2 Å².